The van der Waals surface area contributed by atoms with Gasteiger partial charge in [-0.15, -0.1) is 11.3 Å². The molecule has 2 heterocycles. The van der Waals surface area contributed by atoms with Crippen molar-refractivity contribution in [3.05, 3.63) is 22.4 Å². The van der Waals surface area contributed by atoms with Gasteiger partial charge in [0.25, 0.3) is 0 Å². The van der Waals surface area contributed by atoms with Gasteiger partial charge in [0.15, 0.2) is 0 Å². The van der Waals surface area contributed by atoms with Gasteiger partial charge in [0.2, 0.25) is 0 Å². The van der Waals surface area contributed by atoms with Gasteiger partial charge >= 0.3 is 5.97 Å². The Balaban J connectivity index is 1.82. The number of carbonyl (C=O) groups is 1. The molecule has 2 N–H and O–H groups in total. The molecule has 15 heavy (non-hydrogen) atoms. The summed E-state index contributed by atoms with van der Waals surface area (Å²) >= 11 is 1.57. The quantitative estimate of drug-likeness (QED) is 0.775. The number of ether oxygens (including phenoxy) is 2. The number of esters is 1. The van der Waals surface area contributed by atoms with Crippen molar-refractivity contribution in [3.63, 3.8) is 0 Å². The SMILES string of the molecule is NC1COCC1C(=O)OCc1cccs1. The number of nitrogens with two attached hydrogens (primary N) is 1. The minimum atomic E-state index is -0.301. The Bertz CT molecular complexity index is 325. The summed E-state index contributed by atoms with van der Waals surface area (Å²) in [5.74, 6) is -0.557. The summed E-state index contributed by atoms with van der Waals surface area (Å²) in [6.45, 7) is 1.16. The van der Waals surface area contributed by atoms with Crippen LogP contribution in [0.1, 0.15) is 4.88 Å². The molecule has 0 bridgehead atoms. The van der Waals surface area contributed by atoms with Crippen LogP contribution in [-0.2, 0) is 20.9 Å². The normalized spacial score (nSPS) is 25.4. The fourth-order valence-electron chi connectivity index (χ4n) is 1.46. The van der Waals surface area contributed by atoms with Crippen LogP contribution in [0.3, 0.4) is 0 Å². The molecule has 2 unspecified atom stereocenters. The first kappa shape index (κ1) is 10.6. The van der Waals surface area contributed by atoms with Crippen LogP contribution in [0.5, 0.6) is 0 Å². The van der Waals surface area contributed by atoms with Gasteiger partial charge in [0.1, 0.15) is 6.61 Å². The molecule has 1 aliphatic heterocycles. The largest absolute Gasteiger partial charge is 0.460 e. The van der Waals surface area contributed by atoms with Gasteiger partial charge in [-0.05, 0) is 11.4 Å². The van der Waals surface area contributed by atoms with Crippen LogP contribution < -0.4 is 5.73 Å². The first-order chi connectivity index (χ1) is 7.27. The number of hydrogen-bond acceptors (Lipinski definition) is 5. The maximum Gasteiger partial charge on any atom is 0.313 e. The van der Waals surface area contributed by atoms with E-state index in [0.717, 1.165) is 4.88 Å². The highest BCUT2D eigenvalue weighted by Gasteiger charge is 2.32. The van der Waals surface area contributed by atoms with Crippen LogP contribution in [0.4, 0.5) is 0 Å². The molecule has 5 heteroatoms. The van der Waals surface area contributed by atoms with E-state index in [2.05, 4.69) is 0 Å². The molecule has 0 aromatic carbocycles. The summed E-state index contributed by atoms with van der Waals surface area (Å²) in [5, 5.41) is 1.95. The summed E-state index contributed by atoms with van der Waals surface area (Å²) in [5.41, 5.74) is 5.71. The summed E-state index contributed by atoms with van der Waals surface area (Å²) in [4.78, 5) is 12.6. The van der Waals surface area contributed by atoms with Crippen LogP contribution in [-0.4, -0.2) is 25.2 Å². The maximum atomic E-state index is 11.6. The maximum absolute atomic E-state index is 11.6. The van der Waals surface area contributed by atoms with Crippen molar-refractivity contribution in [2.75, 3.05) is 13.2 Å². The van der Waals surface area contributed by atoms with Crippen LogP contribution in [0, 0.1) is 5.92 Å². The molecule has 1 saturated heterocycles. The molecule has 0 aliphatic carbocycles. The summed E-state index contributed by atoms with van der Waals surface area (Å²) in [7, 11) is 0. The zero-order valence-electron chi connectivity index (χ0n) is 8.22. The number of hydrogen-bond donors (Lipinski definition) is 1. The molecule has 82 valence electrons. The standard InChI is InChI=1S/C10H13NO3S/c11-9-6-13-5-8(9)10(12)14-4-7-2-1-3-15-7/h1-3,8-9H,4-6,11H2. The highest BCUT2D eigenvalue weighted by molar-refractivity contribution is 7.09. The molecule has 1 fully saturated rings. The first-order valence-corrected chi connectivity index (χ1v) is 5.67. The van der Waals surface area contributed by atoms with E-state index in [1.165, 1.54) is 0 Å². The molecule has 0 spiro atoms. The van der Waals surface area contributed by atoms with Gasteiger partial charge in [-0.3, -0.25) is 4.79 Å². The minimum Gasteiger partial charge on any atom is -0.460 e. The number of thiophene rings is 1. The molecule has 0 amide bonds. The Hall–Kier alpha value is -0.910. The fourth-order valence-corrected chi connectivity index (χ4v) is 2.07. The molecular weight excluding hydrogens is 214 g/mol. The highest BCUT2D eigenvalue weighted by atomic mass is 32.1. The summed E-state index contributed by atoms with van der Waals surface area (Å²) in [6, 6.07) is 3.64. The average Bonchev–Trinajstić information content (AvgIpc) is 2.84. The van der Waals surface area contributed by atoms with Crippen molar-refractivity contribution in [1.82, 2.24) is 0 Å². The van der Waals surface area contributed by atoms with E-state index in [1.807, 2.05) is 17.5 Å². The molecule has 1 aromatic heterocycles. The predicted octanol–water partition coefficient (Wildman–Crippen LogP) is 0.765. The second-order valence-electron chi connectivity index (χ2n) is 3.49. The Labute approximate surface area is 92.0 Å². The fraction of sp³-hybridized carbons (Fsp3) is 0.500. The minimum absolute atomic E-state index is 0.221. The van der Waals surface area contributed by atoms with Gasteiger partial charge < -0.3 is 15.2 Å². The molecule has 4 nitrogen and oxygen atoms in total. The van der Waals surface area contributed by atoms with Crippen molar-refractivity contribution < 1.29 is 14.3 Å². The first-order valence-electron chi connectivity index (χ1n) is 4.79. The average molecular weight is 227 g/mol. The third-order valence-corrected chi connectivity index (χ3v) is 3.21. The molecule has 1 aromatic rings. The third kappa shape index (κ3) is 2.56. The number of rotatable bonds is 3. The van der Waals surface area contributed by atoms with Crippen LogP contribution in [0.2, 0.25) is 0 Å². The molecule has 2 atom stereocenters. The lowest BCUT2D eigenvalue weighted by molar-refractivity contribution is -0.150. The third-order valence-electron chi connectivity index (χ3n) is 2.36. The Kier molecular flexibility index (Phi) is 3.35. The van der Waals surface area contributed by atoms with Crippen molar-refractivity contribution in [2.45, 2.75) is 12.6 Å². The van der Waals surface area contributed by atoms with Crippen molar-refractivity contribution >= 4 is 17.3 Å². The van der Waals surface area contributed by atoms with Gasteiger partial charge in [0, 0.05) is 10.9 Å². The zero-order valence-corrected chi connectivity index (χ0v) is 9.03. The van der Waals surface area contributed by atoms with Crippen LogP contribution in [0.25, 0.3) is 0 Å². The molecule has 2 rings (SSSR count). The molecule has 0 radical (unpaired) electrons. The van der Waals surface area contributed by atoms with Gasteiger partial charge in [-0.2, -0.15) is 0 Å². The predicted molar refractivity (Wildman–Crippen MR) is 56.4 cm³/mol. The second kappa shape index (κ2) is 4.74. The van der Waals surface area contributed by atoms with E-state index >= 15 is 0 Å². The van der Waals surface area contributed by atoms with Gasteiger partial charge in [-0.1, -0.05) is 6.07 Å². The Morgan fingerprint density at radius 3 is 3.13 bits per heavy atom. The summed E-state index contributed by atoms with van der Waals surface area (Å²) in [6.07, 6.45) is 0. The van der Waals surface area contributed by atoms with Gasteiger partial charge in [0.05, 0.1) is 19.1 Å². The monoisotopic (exact) mass is 227 g/mol. The van der Waals surface area contributed by atoms with E-state index in [1.54, 1.807) is 11.3 Å². The number of carbonyl (C=O) groups excluding carboxylic acids is 1. The molecule has 1 aliphatic rings. The highest BCUT2D eigenvalue weighted by Crippen LogP contribution is 2.16. The molecule has 0 saturated carbocycles. The van der Waals surface area contributed by atoms with E-state index < -0.39 is 0 Å². The Morgan fingerprint density at radius 2 is 2.53 bits per heavy atom. The lowest BCUT2D eigenvalue weighted by Crippen LogP contribution is -2.35. The zero-order chi connectivity index (χ0) is 10.7. The topological polar surface area (TPSA) is 61.5 Å². The Morgan fingerprint density at radius 1 is 1.67 bits per heavy atom. The van der Waals surface area contributed by atoms with Gasteiger partial charge in [-0.25, -0.2) is 0 Å². The second-order valence-corrected chi connectivity index (χ2v) is 4.53. The smallest absolute Gasteiger partial charge is 0.313 e. The summed E-state index contributed by atoms with van der Waals surface area (Å²) < 4.78 is 10.3. The lowest BCUT2D eigenvalue weighted by atomic mass is 10.1. The lowest BCUT2D eigenvalue weighted by Gasteiger charge is -2.11. The van der Waals surface area contributed by atoms with E-state index in [-0.39, 0.29) is 17.9 Å². The van der Waals surface area contributed by atoms with Crippen molar-refractivity contribution in [2.24, 2.45) is 11.7 Å². The van der Waals surface area contributed by atoms with Crippen LogP contribution in [0.15, 0.2) is 17.5 Å². The van der Waals surface area contributed by atoms with Crippen molar-refractivity contribution in [1.29, 1.82) is 0 Å². The van der Waals surface area contributed by atoms with E-state index in [4.69, 9.17) is 15.2 Å². The van der Waals surface area contributed by atoms with E-state index in [0.29, 0.717) is 19.8 Å². The molecular formula is C10H13NO3S. The van der Waals surface area contributed by atoms with Crippen molar-refractivity contribution in [3.8, 4) is 0 Å². The van der Waals surface area contributed by atoms with E-state index in [9.17, 15) is 4.79 Å². The van der Waals surface area contributed by atoms with Crippen LogP contribution >= 0.6 is 11.3 Å².